The van der Waals surface area contributed by atoms with Crippen LogP contribution in [0.5, 0.6) is 0 Å². The van der Waals surface area contributed by atoms with Gasteiger partial charge >= 0.3 is 0 Å². The smallest absolute Gasteiger partial charge is 0.166 e. The van der Waals surface area contributed by atoms with Crippen molar-refractivity contribution < 1.29 is 4.39 Å². The quantitative estimate of drug-likeness (QED) is 0.533. The van der Waals surface area contributed by atoms with E-state index < -0.39 is 11.2 Å². The molecule has 14 heavy (non-hydrogen) atoms. The van der Waals surface area contributed by atoms with E-state index in [1.807, 2.05) is 0 Å². The van der Waals surface area contributed by atoms with E-state index in [-0.39, 0.29) is 10.3 Å². The van der Waals surface area contributed by atoms with Gasteiger partial charge in [0.25, 0.3) is 0 Å². The molecule has 4 heteroatoms. The molecule has 0 spiro atoms. The van der Waals surface area contributed by atoms with Gasteiger partial charge in [0, 0.05) is 5.56 Å². The van der Waals surface area contributed by atoms with Gasteiger partial charge in [0.05, 0.1) is 5.41 Å². The van der Waals surface area contributed by atoms with Crippen molar-refractivity contribution in [3.8, 4) is 12.3 Å². The number of nitrogens with zero attached hydrogens (tertiary/aromatic N) is 1. The Kier molecular flexibility index (Phi) is 2.17. The van der Waals surface area contributed by atoms with Crippen LogP contribution < -0.4 is 0 Å². The molecule has 1 aromatic rings. The fourth-order valence-corrected chi connectivity index (χ4v) is 1.90. The maximum Gasteiger partial charge on any atom is 0.166 e. The molecule has 0 unspecified atom stereocenters. The molecule has 1 fully saturated rings. The van der Waals surface area contributed by atoms with E-state index in [1.165, 1.54) is 6.07 Å². The van der Waals surface area contributed by atoms with Crippen molar-refractivity contribution in [3.63, 3.8) is 0 Å². The minimum atomic E-state index is -0.576. The summed E-state index contributed by atoms with van der Waals surface area (Å²) in [6, 6.07) is 1.28. The Morgan fingerprint density at radius 2 is 2.07 bits per heavy atom. The Balaban J connectivity index is 2.55. The Labute approximate surface area is 91.2 Å². The van der Waals surface area contributed by atoms with E-state index in [0.717, 1.165) is 12.8 Å². The number of hydrogen-bond donors (Lipinski definition) is 0. The first-order chi connectivity index (χ1) is 6.59. The van der Waals surface area contributed by atoms with Crippen LogP contribution in [-0.2, 0) is 5.41 Å². The summed E-state index contributed by atoms with van der Waals surface area (Å²) in [5.74, 6) is 2.05. The molecule has 0 aliphatic heterocycles. The monoisotopic (exact) mass is 229 g/mol. The molecule has 0 bridgehead atoms. The highest BCUT2D eigenvalue weighted by molar-refractivity contribution is 6.33. The highest BCUT2D eigenvalue weighted by atomic mass is 35.5. The molecule has 0 atom stereocenters. The van der Waals surface area contributed by atoms with E-state index in [2.05, 4.69) is 10.9 Å². The van der Waals surface area contributed by atoms with Crippen LogP contribution in [0, 0.1) is 18.2 Å². The molecule has 2 rings (SSSR count). The SMILES string of the molecule is C#CC1(c2cc(F)c(Cl)nc2Cl)CC1. The molecule has 0 N–H and O–H groups in total. The van der Waals surface area contributed by atoms with E-state index in [0.29, 0.717) is 5.56 Å². The molecule has 0 amide bonds. The molecule has 1 aliphatic rings. The molecule has 0 saturated heterocycles. The third-order valence-electron chi connectivity index (χ3n) is 2.43. The number of rotatable bonds is 1. The highest BCUT2D eigenvalue weighted by Gasteiger charge is 2.44. The maximum atomic E-state index is 13.1. The first-order valence-electron chi connectivity index (χ1n) is 4.09. The number of hydrogen-bond acceptors (Lipinski definition) is 1. The van der Waals surface area contributed by atoms with E-state index in [1.54, 1.807) is 0 Å². The molecule has 1 nitrogen and oxygen atoms in total. The Morgan fingerprint density at radius 1 is 1.43 bits per heavy atom. The van der Waals surface area contributed by atoms with Gasteiger partial charge in [-0.2, -0.15) is 0 Å². The average molecular weight is 230 g/mol. The largest absolute Gasteiger partial charge is 0.221 e. The van der Waals surface area contributed by atoms with Crippen molar-refractivity contribution >= 4 is 23.2 Å². The fraction of sp³-hybridized carbons (Fsp3) is 0.300. The zero-order chi connectivity index (χ0) is 10.3. The van der Waals surface area contributed by atoms with Gasteiger partial charge < -0.3 is 0 Å². The summed E-state index contributed by atoms with van der Waals surface area (Å²) >= 11 is 11.3. The minimum absolute atomic E-state index is 0.201. The third-order valence-corrected chi connectivity index (χ3v) is 2.98. The zero-order valence-corrected chi connectivity index (χ0v) is 8.66. The van der Waals surface area contributed by atoms with Crippen molar-refractivity contribution in [1.82, 2.24) is 4.98 Å². The van der Waals surface area contributed by atoms with E-state index in [9.17, 15) is 4.39 Å². The van der Waals surface area contributed by atoms with Crippen LogP contribution >= 0.6 is 23.2 Å². The molecule has 1 aromatic heterocycles. The summed E-state index contributed by atoms with van der Waals surface area (Å²) in [7, 11) is 0. The van der Waals surface area contributed by atoms with Crippen molar-refractivity contribution in [3.05, 3.63) is 27.8 Å². The van der Waals surface area contributed by atoms with Gasteiger partial charge in [-0.3, -0.25) is 0 Å². The van der Waals surface area contributed by atoms with Crippen LogP contribution in [-0.4, -0.2) is 4.98 Å². The predicted octanol–water partition coefficient (Wildman–Crippen LogP) is 3.19. The van der Waals surface area contributed by atoms with Gasteiger partial charge in [0.2, 0.25) is 0 Å². The molecule has 0 radical (unpaired) electrons. The predicted molar refractivity (Wildman–Crippen MR) is 54.0 cm³/mol. The van der Waals surface area contributed by atoms with Gasteiger partial charge in [-0.1, -0.05) is 29.1 Å². The fourth-order valence-electron chi connectivity index (χ4n) is 1.40. The Bertz CT molecular complexity index is 432. The number of pyridine rings is 1. The van der Waals surface area contributed by atoms with Gasteiger partial charge in [0.1, 0.15) is 5.15 Å². The Morgan fingerprint density at radius 3 is 2.57 bits per heavy atom. The van der Waals surface area contributed by atoms with Crippen LogP contribution in [0.4, 0.5) is 4.39 Å². The van der Waals surface area contributed by atoms with Gasteiger partial charge in [-0.15, -0.1) is 6.42 Å². The standard InChI is InChI=1S/C10H6Cl2FN/c1-2-10(3-4-10)6-5-7(13)9(12)14-8(6)11/h1,5H,3-4H2. The van der Waals surface area contributed by atoms with Crippen molar-refractivity contribution in [2.45, 2.75) is 18.3 Å². The summed E-state index contributed by atoms with van der Waals surface area (Å²) in [6.45, 7) is 0. The highest BCUT2D eigenvalue weighted by Crippen LogP contribution is 2.49. The molecule has 1 aliphatic carbocycles. The molecule has 0 aromatic carbocycles. The third kappa shape index (κ3) is 1.37. The number of terminal acetylenes is 1. The second-order valence-electron chi connectivity index (χ2n) is 3.33. The van der Waals surface area contributed by atoms with Gasteiger partial charge in [-0.05, 0) is 18.9 Å². The van der Waals surface area contributed by atoms with Crippen LogP contribution in [0.1, 0.15) is 18.4 Å². The molecular formula is C10H6Cl2FN. The van der Waals surface area contributed by atoms with Gasteiger partial charge in [0.15, 0.2) is 11.0 Å². The first-order valence-corrected chi connectivity index (χ1v) is 4.84. The average Bonchev–Trinajstić information content (AvgIpc) is 2.92. The summed E-state index contributed by atoms with van der Waals surface area (Å²) in [6.07, 6.45) is 7.02. The summed E-state index contributed by atoms with van der Waals surface area (Å²) < 4.78 is 13.1. The lowest BCUT2D eigenvalue weighted by Crippen LogP contribution is -2.05. The molecule has 1 saturated carbocycles. The van der Waals surface area contributed by atoms with E-state index >= 15 is 0 Å². The molecule has 1 heterocycles. The topological polar surface area (TPSA) is 12.9 Å². The van der Waals surface area contributed by atoms with E-state index in [4.69, 9.17) is 29.6 Å². The second kappa shape index (κ2) is 3.12. The Hall–Kier alpha value is -0.780. The first kappa shape index (κ1) is 9.76. The van der Waals surface area contributed by atoms with Crippen LogP contribution in [0.2, 0.25) is 10.3 Å². The lowest BCUT2D eigenvalue weighted by molar-refractivity contribution is 0.617. The normalized spacial score (nSPS) is 17.6. The van der Waals surface area contributed by atoms with Crippen molar-refractivity contribution in [1.29, 1.82) is 0 Å². The lowest BCUT2D eigenvalue weighted by Gasteiger charge is -2.09. The number of halogens is 3. The second-order valence-corrected chi connectivity index (χ2v) is 4.04. The van der Waals surface area contributed by atoms with Crippen LogP contribution in [0.3, 0.4) is 0 Å². The maximum absolute atomic E-state index is 13.1. The van der Waals surface area contributed by atoms with Crippen molar-refractivity contribution in [2.75, 3.05) is 0 Å². The number of aromatic nitrogens is 1. The summed E-state index contributed by atoms with van der Waals surface area (Å²) in [4.78, 5) is 3.69. The minimum Gasteiger partial charge on any atom is -0.221 e. The van der Waals surface area contributed by atoms with Crippen molar-refractivity contribution in [2.24, 2.45) is 0 Å². The van der Waals surface area contributed by atoms with Crippen LogP contribution in [0.25, 0.3) is 0 Å². The molecular weight excluding hydrogens is 224 g/mol. The molecule has 72 valence electrons. The summed E-state index contributed by atoms with van der Waals surface area (Å²) in [5.41, 5.74) is 0.166. The zero-order valence-electron chi connectivity index (χ0n) is 7.15. The lowest BCUT2D eigenvalue weighted by atomic mass is 9.99. The summed E-state index contributed by atoms with van der Waals surface area (Å²) in [5, 5.41) is -0.0154. The van der Waals surface area contributed by atoms with Crippen LogP contribution in [0.15, 0.2) is 6.07 Å². The van der Waals surface area contributed by atoms with Gasteiger partial charge in [-0.25, -0.2) is 9.37 Å².